The Labute approximate surface area is 184 Å². The minimum absolute atomic E-state index is 0.0398. The number of likely N-dealkylation sites (tertiary alicyclic amines) is 1. The Bertz CT molecular complexity index is 940. The zero-order valence-corrected chi connectivity index (χ0v) is 18.6. The van der Waals surface area contributed by atoms with Gasteiger partial charge in [-0.25, -0.2) is 8.42 Å². The van der Waals surface area contributed by atoms with Gasteiger partial charge in [0.25, 0.3) is 0 Å². The van der Waals surface area contributed by atoms with Crippen LogP contribution in [0.2, 0.25) is 0 Å². The second-order valence-electron chi connectivity index (χ2n) is 8.31. The highest BCUT2D eigenvalue weighted by Crippen LogP contribution is 2.27. The molecule has 2 aliphatic rings. The molecule has 0 saturated carbocycles. The Kier molecular flexibility index (Phi) is 7.09. The lowest BCUT2D eigenvalue weighted by molar-refractivity contribution is -0.126. The Hall–Kier alpha value is -2.16. The van der Waals surface area contributed by atoms with Crippen molar-refractivity contribution in [3.8, 4) is 0 Å². The van der Waals surface area contributed by atoms with Crippen LogP contribution in [0.3, 0.4) is 0 Å². The quantitative estimate of drug-likeness (QED) is 0.708. The van der Waals surface area contributed by atoms with Crippen LogP contribution in [0.25, 0.3) is 0 Å². The second-order valence-corrected chi connectivity index (χ2v) is 10.2. The number of nitrogens with zero attached hydrogens (tertiary/aromatic N) is 2. The van der Waals surface area contributed by atoms with E-state index < -0.39 is 16.1 Å². The van der Waals surface area contributed by atoms with Crippen molar-refractivity contribution in [2.24, 2.45) is 0 Å². The molecule has 0 spiro atoms. The maximum absolute atomic E-state index is 13.2. The maximum atomic E-state index is 13.2. The molecular weight excluding hydrogens is 414 g/mol. The first-order chi connectivity index (χ1) is 15.1. The van der Waals surface area contributed by atoms with Crippen molar-refractivity contribution in [2.45, 2.75) is 55.5 Å². The summed E-state index contributed by atoms with van der Waals surface area (Å²) in [5.41, 5.74) is 0. The van der Waals surface area contributed by atoms with Crippen molar-refractivity contribution in [1.82, 2.24) is 14.5 Å². The van der Waals surface area contributed by atoms with Crippen molar-refractivity contribution >= 4 is 15.9 Å². The molecule has 2 aliphatic heterocycles. The van der Waals surface area contributed by atoms with Crippen molar-refractivity contribution in [2.75, 3.05) is 26.2 Å². The van der Waals surface area contributed by atoms with E-state index in [0.717, 1.165) is 44.5 Å². The Morgan fingerprint density at radius 1 is 1.00 bits per heavy atom. The fourth-order valence-corrected chi connectivity index (χ4v) is 6.30. The van der Waals surface area contributed by atoms with E-state index in [4.69, 9.17) is 4.42 Å². The number of sulfonamides is 1. The molecule has 0 bridgehead atoms. The molecule has 168 valence electrons. The molecule has 0 radical (unpaired) electrons. The minimum Gasteiger partial charge on any atom is -0.468 e. The number of amides is 1. The highest BCUT2D eigenvalue weighted by Gasteiger charge is 2.38. The van der Waals surface area contributed by atoms with Crippen LogP contribution < -0.4 is 5.32 Å². The van der Waals surface area contributed by atoms with Crippen LogP contribution in [0.15, 0.2) is 58.0 Å². The van der Waals surface area contributed by atoms with Crippen LogP contribution >= 0.6 is 0 Å². The maximum Gasteiger partial charge on any atom is 0.243 e. The second kappa shape index (κ2) is 9.97. The van der Waals surface area contributed by atoms with Gasteiger partial charge in [-0.2, -0.15) is 4.31 Å². The third kappa shape index (κ3) is 5.02. The number of carbonyl (C=O) groups is 1. The van der Waals surface area contributed by atoms with Gasteiger partial charge in [0.05, 0.1) is 17.2 Å². The summed E-state index contributed by atoms with van der Waals surface area (Å²) >= 11 is 0. The molecule has 2 atom stereocenters. The third-order valence-electron chi connectivity index (χ3n) is 6.28. The van der Waals surface area contributed by atoms with Gasteiger partial charge in [0.15, 0.2) is 0 Å². The zero-order valence-electron chi connectivity index (χ0n) is 17.8. The molecule has 2 fully saturated rings. The van der Waals surface area contributed by atoms with Crippen LogP contribution in [-0.2, 0) is 14.8 Å². The summed E-state index contributed by atoms with van der Waals surface area (Å²) in [7, 11) is -3.71. The number of rotatable bonds is 7. The Morgan fingerprint density at radius 2 is 1.74 bits per heavy atom. The van der Waals surface area contributed by atoms with Crippen LogP contribution in [0.4, 0.5) is 0 Å². The van der Waals surface area contributed by atoms with Gasteiger partial charge >= 0.3 is 0 Å². The highest BCUT2D eigenvalue weighted by molar-refractivity contribution is 7.89. The van der Waals surface area contributed by atoms with Crippen LogP contribution in [0.5, 0.6) is 0 Å². The summed E-state index contributed by atoms with van der Waals surface area (Å²) in [4.78, 5) is 15.8. The topological polar surface area (TPSA) is 82.9 Å². The van der Waals surface area contributed by atoms with E-state index in [2.05, 4.69) is 10.2 Å². The lowest BCUT2D eigenvalue weighted by atomic mass is 10.0. The summed E-state index contributed by atoms with van der Waals surface area (Å²) in [5.74, 6) is 0.604. The zero-order chi connectivity index (χ0) is 21.7. The lowest BCUT2D eigenvalue weighted by Gasteiger charge is -2.36. The number of piperidine rings is 2. The van der Waals surface area contributed by atoms with E-state index in [1.807, 2.05) is 12.1 Å². The first-order valence-electron chi connectivity index (χ1n) is 11.2. The molecule has 2 saturated heterocycles. The highest BCUT2D eigenvalue weighted by atomic mass is 32.2. The predicted octanol–water partition coefficient (Wildman–Crippen LogP) is 3.17. The van der Waals surface area contributed by atoms with E-state index >= 15 is 0 Å². The van der Waals surface area contributed by atoms with Crippen molar-refractivity contribution in [1.29, 1.82) is 0 Å². The number of carbonyl (C=O) groups excluding carboxylic acids is 1. The van der Waals surface area contributed by atoms with E-state index in [9.17, 15) is 13.2 Å². The normalized spacial score (nSPS) is 22.1. The van der Waals surface area contributed by atoms with E-state index in [1.54, 1.807) is 36.6 Å². The molecule has 1 amide bonds. The first-order valence-corrected chi connectivity index (χ1v) is 12.6. The van der Waals surface area contributed by atoms with E-state index in [1.165, 1.54) is 10.7 Å². The molecule has 1 aromatic carbocycles. The molecule has 8 heteroatoms. The molecule has 2 aromatic rings. The van der Waals surface area contributed by atoms with Gasteiger partial charge in [-0.15, -0.1) is 0 Å². The molecule has 1 N–H and O–H groups in total. The standard InChI is InChI=1S/C23H31N3O4S/c27-23(24-18-21(22-13-9-17-30-22)25-14-6-2-7-15-25)20-12-5-8-16-26(20)31(28,29)19-10-3-1-4-11-19/h1,3-4,9-11,13,17,20-21H,2,5-8,12,14-16,18H2,(H,24,27). The van der Waals surface area contributed by atoms with Gasteiger partial charge in [-0.1, -0.05) is 31.0 Å². The van der Waals surface area contributed by atoms with Crippen molar-refractivity contribution < 1.29 is 17.6 Å². The van der Waals surface area contributed by atoms with Crippen LogP contribution in [0, 0.1) is 0 Å². The van der Waals surface area contributed by atoms with Crippen molar-refractivity contribution in [3.63, 3.8) is 0 Å². The fraction of sp³-hybridized carbons (Fsp3) is 0.522. The number of hydrogen-bond donors (Lipinski definition) is 1. The van der Waals surface area contributed by atoms with Crippen LogP contribution in [0.1, 0.15) is 50.3 Å². The molecule has 3 heterocycles. The lowest BCUT2D eigenvalue weighted by Crippen LogP contribution is -2.53. The summed E-state index contributed by atoms with van der Waals surface area (Å²) in [6.45, 7) is 2.71. The van der Waals surface area contributed by atoms with Gasteiger partial charge in [0, 0.05) is 13.1 Å². The van der Waals surface area contributed by atoms with E-state index in [0.29, 0.717) is 19.5 Å². The minimum atomic E-state index is -3.71. The summed E-state index contributed by atoms with van der Waals surface area (Å²) in [6.07, 6.45) is 7.29. The first kappa shape index (κ1) is 22.0. The van der Waals surface area contributed by atoms with Gasteiger partial charge in [-0.3, -0.25) is 9.69 Å². The summed E-state index contributed by atoms with van der Waals surface area (Å²) < 4.78 is 33.4. The SMILES string of the molecule is O=C(NCC(c1ccco1)N1CCCCC1)C1CCCCN1S(=O)(=O)c1ccccc1. The number of benzene rings is 1. The molecular formula is C23H31N3O4S. The molecule has 0 aliphatic carbocycles. The van der Waals surface area contributed by atoms with Gasteiger partial charge in [0.1, 0.15) is 11.8 Å². The van der Waals surface area contributed by atoms with Gasteiger partial charge in [-0.05, 0) is 63.0 Å². The van der Waals surface area contributed by atoms with Gasteiger partial charge < -0.3 is 9.73 Å². The summed E-state index contributed by atoms with van der Waals surface area (Å²) in [5, 5.41) is 3.04. The van der Waals surface area contributed by atoms with Crippen molar-refractivity contribution in [3.05, 3.63) is 54.5 Å². The predicted molar refractivity (Wildman–Crippen MR) is 118 cm³/mol. The van der Waals surface area contributed by atoms with Gasteiger partial charge in [0.2, 0.25) is 15.9 Å². The average molecular weight is 446 g/mol. The molecule has 7 nitrogen and oxygen atoms in total. The molecule has 31 heavy (non-hydrogen) atoms. The van der Waals surface area contributed by atoms with Crippen LogP contribution in [-0.4, -0.2) is 55.8 Å². The Morgan fingerprint density at radius 3 is 2.45 bits per heavy atom. The smallest absolute Gasteiger partial charge is 0.243 e. The number of nitrogens with one attached hydrogen (secondary N) is 1. The molecule has 4 rings (SSSR count). The van der Waals surface area contributed by atoms with E-state index in [-0.39, 0.29) is 16.8 Å². The number of furan rings is 1. The summed E-state index contributed by atoms with van der Waals surface area (Å²) in [6, 6.07) is 11.5. The molecule has 2 unspecified atom stereocenters. The molecule has 1 aromatic heterocycles. The Balaban J connectivity index is 1.48. The fourth-order valence-electron chi connectivity index (χ4n) is 4.62. The third-order valence-corrected chi connectivity index (χ3v) is 8.20. The monoisotopic (exact) mass is 445 g/mol. The largest absolute Gasteiger partial charge is 0.468 e. The average Bonchev–Trinajstić information content (AvgIpc) is 3.35. The number of hydrogen-bond acceptors (Lipinski definition) is 5.